The maximum absolute atomic E-state index is 9.40. The van der Waals surface area contributed by atoms with Crippen LogP contribution >= 0.6 is 0 Å². The Balaban J connectivity index is 1.99. The van der Waals surface area contributed by atoms with E-state index in [1.54, 1.807) is 0 Å². The number of rotatable bonds is 3. The molecule has 0 radical (unpaired) electrons. The molecule has 2 heterocycles. The zero-order valence-corrected chi connectivity index (χ0v) is 12.1. The van der Waals surface area contributed by atoms with Crippen LogP contribution in [0.1, 0.15) is 36.1 Å². The molecule has 1 aromatic heterocycles. The van der Waals surface area contributed by atoms with Crippen LogP contribution in [0.5, 0.6) is 0 Å². The van der Waals surface area contributed by atoms with Gasteiger partial charge in [0.25, 0.3) is 0 Å². The van der Waals surface area contributed by atoms with Gasteiger partial charge in [-0.1, -0.05) is 5.16 Å². The van der Waals surface area contributed by atoms with Crippen molar-refractivity contribution < 1.29 is 10.3 Å². The molecule has 0 saturated carbocycles. The summed E-state index contributed by atoms with van der Waals surface area (Å²) in [6.45, 7) is 1.86. The van der Waals surface area contributed by atoms with Gasteiger partial charge in [-0.25, -0.2) is 4.98 Å². The molecule has 6 nitrogen and oxygen atoms in total. The topological polar surface area (TPSA) is 95.0 Å². The molecule has 1 aliphatic carbocycles. The van der Waals surface area contributed by atoms with Gasteiger partial charge >= 0.3 is 0 Å². The van der Waals surface area contributed by atoms with E-state index in [9.17, 15) is 5.11 Å². The fraction of sp³-hybridized carbons (Fsp3) is 0.600. The second kappa shape index (κ2) is 5.89. The number of nitrogens with zero attached hydrogens (tertiary/aromatic N) is 3. The second-order valence-corrected chi connectivity index (χ2v) is 5.94. The lowest BCUT2D eigenvalue weighted by molar-refractivity contribution is 0.208. The summed E-state index contributed by atoms with van der Waals surface area (Å²) in [6, 6.07) is 2.02. The van der Waals surface area contributed by atoms with Crippen LogP contribution in [0.3, 0.4) is 0 Å². The van der Waals surface area contributed by atoms with Gasteiger partial charge in [-0.05, 0) is 49.7 Å². The Morgan fingerprint density at radius 1 is 1.43 bits per heavy atom. The lowest BCUT2D eigenvalue weighted by Gasteiger charge is -2.34. The van der Waals surface area contributed by atoms with Crippen molar-refractivity contribution in [1.29, 1.82) is 0 Å². The Hall–Kier alpha value is -1.82. The molecule has 0 spiro atoms. The first-order valence-electron chi connectivity index (χ1n) is 7.59. The first-order chi connectivity index (χ1) is 10.2. The maximum atomic E-state index is 9.40. The molecule has 0 aromatic carbocycles. The summed E-state index contributed by atoms with van der Waals surface area (Å²) in [4.78, 5) is 6.95. The summed E-state index contributed by atoms with van der Waals surface area (Å²) in [7, 11) is 0. The predicted molar refractivity (Wildman–Crippen MR) is 80.8 cm³/mol. The number of piperidine rings is 1. The van der Waals surface area contributed by atoms with Crippen molar-refractivity contribution in [3.05, 3.63) is 22.9 Å². The molecule has 21 heavy (non-hydrogen) atoms. The van der Waals surface area contributed by atoms with Crippen LogP contribution in [0.2, 0.25) is 0 Å². The Labute approximate surface area is 124 Å². The summed E-state index contributed by atoms with van der Waals surface area (Å²) < 4.78 is 0. The quantitative estimate of drug-likeness (QED) is 0.332. The van der Waals surface area contributed by atoms with E-state index < -0.39 is 0 Å². The Morgan fingerprint density at radius 3 is 3.05 bits per heavy atom. The molecule has 2 aliphatic rings. The molecule has 4 N–H and O–H groups in total. The average molecular weight is 290 g/mol. The van der Waals surface area contributed by atoms with Crippen molar-refractivity contribution in [3.63, 3.8) is 0 Å². The minimum Gasteiger partial charge on any atom is -0.409 e. The molecule has 1 saturated heterocycles. The highest BCUT2D eigenvalue weighted by Crippen LogP contribution is 2.30. The van der Waals surface area contributed by atoms with Crippen LogP contribution in [0.25, 0.3) is 0 Å². The first kappa shape index (κ1) is 14.1. The molecule has 3 rings (SSSR count). The van der Waals surface area contributed by atoms with Gasteiger partial charge in [0.05, 0.1) is 5.56 Å². The molecule has 1 aliphatic heterocycles. The number of aromatic nitrogens is 1. The van der Waals surface area contributed by atoms with Gasteiger partial charge in [0.2, 0.25) is 0 Å². The summed E-state index contributed by atoms with van der Waals surface area (Å²) >= 11 is 0. The number of amidine groups is 1. The van der Waals surface area contributed by atoms with E-state index in [1.165, 1.54) is 5.56 Å². The van der Waals surface area contributed by atoms with Gasteiger partial charge in [-0.2, -0.15) is 0 Å². The number of aliphatic hydroxyl groups excluding tert-OH is 1. The highest BCUT2D eigenvalue weighted by atomic mass is 16.4. The summed E-state index contributed by atoms with van der Waals surface area (Å²) in [5, 5.41) is 21.6. The molecule has 1 atom stereocenters. The van der Waals surface area contributed by atoms with Crippen molar-refractivity contribution in [2.24, 2.45) is 16.8 Å². The zero-order chi connectivity index (χ0) is 14.8. The number of hydrogen-bond acceptors (Lipinski definition) is 5. The number of fused-ring (bicyclic) bond motifs is 1. The van der Waals surface area contributed by atoms with E-state index >= 15 is 0 Å². The van der Waals surface area contributed by atoms with Crippen molar-refractivity contribution in [2.45, 2.75) is 32.1 Å². The fourth-order valence-corrected chi connectivity index (χ4v) is 3.35. The monoisotopic (exact) mass is 290 g/mol. The Kier molecular flexibility index (Phi) is 3.96. The molecular formula is C15H22N4O2. The molecule has 114 valence electrons. The third-order valence-electron chi connectivity index (χ3n) is 4.49. The van der Waals surface area contributed by atoms with E-state index in [2.05, 4.69) is 10.1 Å². The van der Waals surface area contributed by atoms with Crippen molar-refractivity contribution in [2.75, 3.05) is 24.6 Å². The second-order valence-electron chi connectivity index (χ2n) is 5.94. The van der Waals surface area contributed by atoms with E-state index in [0.29, 0.717) is 5.56 Å². The number of hydrogen-bond donors (Lipinski definition) is 3. The molecule has 1 fully saturated rings. The minimum atomic E-state index is 0.110. The minimum absolute atomic E-state index is 0.110. The summed E-state index contributed by atoms with van der Waals surface area (Å²) in [5.74, 6) is 1.18. The van der Waals surface area contributed by atoms with Crippen LogP contribution in [-0.4, -0.2) is 40.8 Å². The van der Waals surface area contributed by atoms with Gasteiger partial charge in [-0.15, -0.1) is 0 Å². The summed E-state index contributed by atoms with van der Waals surface area (Å²) in [5.41, 5.74) is 8.89. The van der Waals surface area contributed by atoms with E-state index in [4.69, 9.17) is 15.9 Å². The highest BCUT2D eigenvalue weighted by Gasteiger charge is 2.26. The summed E-state index contributed by atoms with van der Waals surface area (Å²) in [6.07, 6.45) is 5.18. The molecule has 1 aromatic rings. The standard InChI is InChI=1S/C15H22N4O2/c16-14(18-21)12-7-11-4-1-5-13(11)17-15(12)19-6-2-3-10(8-19)9-20/h7,10,20-21H,1-6,8-9H2,(H2,16,18). The highest BCUT2D eigenvalue weighted by molar-refractivity contribution is 6.01. The van der Waals surface area contributed by atoms with Crippen molar-refractivity contribution in [3.8, 4) is 0 Å². The third kappa shape index (κ3) is 2.68. The fourth-order valence-electron chi connectivity index (χ4n) is 3.35. The predicted octanol–water partition coefficient (Wildman–Crippen LogP) is 0.873. The lowest BCUT2D eigenvalue weighted by atomic mass is 9.98. The van der Waals surface area contributed by atoms with Gasteiger partial charge < -0.3 is 20.9 Å². The molecule has 0 amide bonds. The van der Waals surface area contributed by atoms with Gasteiger partial charge in [0.15, 0.2) is 5.84 Å². The van der Waals surface area contributed by atoms with Gasteiger partial charge in [-0.3, -0.25) is 0 Å². The van der Waals surface area contributed by atoms with E-state index in [-0.39, 0.29) is 18.4 Å². The SMILES string of the molecule is NC(=NO)c1cc2c(nc1N1CCCC(CO)C1)CCC2. The number of nitrogens with two attached hydrogens (primary N) is 1. The van der Waals surface area contributed by atoms with Gasteiger partial charge in [0.1, 0.15) is 5.82 Å². The largest absolute Gasteiger partial charge is 0.409 e. The molecular weight excluding hydrogens is 268 g/mol. The van der Waals surface area contributed by atoms with Crippen LogP contribution in [0.15, 0.2) is 11.2 Å². The molecule has 0 bridgehead atoms. The van der Waals surface area contributed by atoms with Crippen LogP contribution in [-0.2, 0) is 12.8 Å². The number of aryl methyl sites for hydroxylation is 2. The lowest BCUT2D eigenvalue weighted by Crippen LogP contribution is -2.38. The zero-order valence-electron chi connectivity index (χ0n) is 12.1. The molecule has 6 heteroatoms. The first-order valence-corrected chi connectivity index (χ1v) is 7.59. The van der Waals surface area contributed by atoms with Crippen LogP contribution in [0.4, 0.5) is 5.82 Å². The van der Waals surface area contributed by atoms with Gasteiger partial charge in [0, 0.05) is 25.4 Å². The van der Waals surface area contributed by atoms with Crippen molar-refractivity contribution in [1.82, 2.24) is 4.98 Å². The number of aliphatic hydroxyl groups is 1. The Morgan fingerprint density at radius 2 is 2.29 bits per heavy atom. The number of pyridine rings is 1. The van der Waals surface area contributed by atoms with E-state index in [1.807, 2.05) is 6.07 Å². The average Bonchev–Trinajstić information content (AvgIpc) is 3.00. The smallest absolute Gasteiger partial charge is 0.173 e. The van der Waals surface area contributed by atoms with Crippen LogP contribution < -0.4 is 10.6 Å². The normalized spacial score (nSPS) is 22.4. The van der Waals surface area contributed by atoms with Crippen LogP contribution in [0, 0.1) is 5.92 Å². The number of oxime groups is 1. The number of anilines is 1. The maximum Gasteiger partial charge on any atom is 0.173 e. The molecule has 1 unspecified atom stereocenters. The third-order valence-corrected chi connectivity index (χ3v) is 4.49. The van der Waals surface area contributed by atoms with E-state index in [0.717, 1.165) is 56.7 Å². The van der Waals surface area contributed by atoms with Crippen molar-refractivity contribution >= 4 is 11.7 Å². The Bertz CT molecular complexity index is 559.